The molecule has 0 amide bonds. The molecule has 0 N–H and O–H groups in total. The first-order valence-corrected chi connectivity index (χ1v) is 6.20. The molecule has 1 saturated carbocycles. The van der Waals surface area contributed by atoms with Crippen molar-refractivity contribution in [2.24, 2.45) is 0 Å². The van der Waals surface area contributed by atoms with Gasteiger partial charge in [-0.3, -0.25) is 9.59 Å². The molecule has 1 aromatic carbocycles. The number of ketones is 1. The van der Waals surface area contributed by atoms with Crippen LogP contribution in [0.15, 0.2) is 24.3 Å². The molecule has 1 fully saturated rings. The average molecular weight is 246 g/mol. The second kappa shape index (κ2) is 4.56. The second-order valence-corrected chi connectivity index (χ2v) is 5.24. The number of esters is 1. The Bertz CT molecular complexity index is 463. The monoisotopic (exact) mass is 246 g/mol. The zero-order valence-electron chi connectivity index (χ0n) is 11.0. The molecule has 1 aliphatic carbocycles. The predicted molar refractivity (Wildman–Crippen MR) is 68.5 cm³/mol. The molecule has 0 radical (unpaired) electrons. The van der Waals surface area contributed by atoms with Gasteiger partial charge in [0.05, 0.1) is 7.11 Å². The highest BCUT2D eigenvalue weighted by molar-refractivity contribution is 6.02. The van der Waals surface area contributed by atoms with Gasteiger partial charge in [-0.25, -0.2) is 0 Å². The molecule has 1 aliphatic rings. The lowest BCUT2D eigenvalue weighted by Gasteiger charge is -2.37. The Labute approximate surface area is 107 Å². The van der Waals surface area contributed by atoms with Gasteiger partial charge in [-0.05, 0) is 17.0 Å². The zero-order chi connectivity index (χ0) is 13.3. The van der Waals surface area contributed by atoms with E-state index in [1.165, 1.54) is 12.7 Å². The highest BCUT2D eigenvalue weighted by atomic mass is 16.5. The maximum atomic E-state index is 11.9. The van der Waals surface area contributed by atoms with Crippen molar-refractivity contribution in [1.82, 2.24) is 0 Å². The van der Waals surface area contributed by atoms with E-state index in [-0.39, 0.29) is 24.6 Å². The number of benzene rings is 1. The summed E-state index contributed by atoms with van der Waals surface area (Å²) in [4.78, 5) is 23.2. The molecule has 0 atom stereocenters. The number of carbonyl (C=O) groups excluding carboxylic acids is 2. The van der Waals surface area contributed by atoms with Gasteiger partial charge < -0.3 is 4.74 Å². The van der Waals surface area contributed by atoms with Gasteiger partial charge in [0, 0.05) is 12.8 Å². The Morgan fingerprint density at radius 3 is 2.17 bits per heavy atom. The Balaban J connectivity index is 2.33. The van der Waals surface area contributed by atoms with Crippen molar-refractivity contribution in [3.63, 3.8) is 0 Å². The molecule has 0 aliphatic heterocycles. The molecule has 18 heavy (non-hydrogen) atoms. The summed E-state index contributed by atoms with van der Waals surface area (Å²) in [6.07, 6.45) is 0.529. The minimum absolute atomic E-state index is 0.119. The fraction of sp³-hybridized carbons (Fsp3) is 0.467. The Morgan fingerprint density at radius 2 is 1.78 bits per heavy atom. The fourth-order valence-electron chi connectivity index (χ4n) is 2.47. The third-order valence-corrected chi connectivity index (χ3v) is 3.70. The molecule has 0 spiro atoms. The third kappa shape index (κ3) is 1.94. The Hall–Kier alpha value is -1.64. The highest BCUT2D eigenvalue weighted by Gasteiger charge is 2.52. The molecule has 1 aromatic rings. The van der Waals surface area contributed by atoms with Gasteiger partial charge in [-0.15, -0.1) is 0 Å². The molecule has 3 heteroatoms. The molecular formula is C15H18O3. The molecule has 0 bridgehead atoms. The summed E-state index contributed by atoms with van der Waals surface area (Å²) in [7, 11) is 1.37. The summed E-state index contributed by atoms with van der Waals surface area (Å²) in [5, 5.41) is 0. The first kappa shape index (κ1) is 12.8. The van der Waals surface area contributed by atoms with Crippen molar-refractivity contribution in [3.05, 3.63) is 35.4 Å². The first-order chi connectivity index (χ1) is 8.49. The van der Waals surface area contributed by atoms with Crippen molar-refractivity contribution < 1.29 is 14.3 Å². The Kier molecular flexibility index (Phi) is 3.24. The molecule has 96 valence electrons. The van der Waals surface area contributed by atoms with Gasteiger partial charge in [0.2, 0.25) is 0 Å². The number of Topliss-reactive ketones (excluding diaryl/α,β-unsaturated/α-hetero) is 1. The normalized spacial score (nSPS) is 17.4. The number of carbonyl (C=O) groups is 2. The summed E-state index contributed by atoms with van der Waals surface area (Å²) in [6, 6.07) is 7.93. The number of methoxy groups -OCH3 is 1. The summed E-state index contributed by atoms with van der Waals surface area (Å²) in [5.74, 6) is 0.267. The van der Waals surface area contributed by atoms with Gasteiger partial charge >= 0.3 is 5.97 Å². The summed E-state index contributed by atoms with van der Waals surface area (Å²) < 4.78 is 4.85. The zero-order valence-corrected chi connectivity index (χ0v) is 11.0. The fourth-order valence-corrected chi connectivity index (χ4v) is 2.47. The van der Waals surface area contributed by atoms with Crippen molar-refractivity contribution in [2.75, 3.05) is 7.11 Å². The lowest BCUT2D eigenvalue weighted by molar-refractivity contribution is -0.156. The van der Waals surface area contributed by atoms with Gasteiger partial charge in [-0.1, -0.05) is 38.1 Å². The van der Waals surface area contributed by atoms with Crippen LogP contribution in [0.3, 0.4) is 0 Å². The summed E-state index contributed by atoms with van der Waals surface area (Å²) in [6.45, 7) is 4.25. The van der Waals surface area contributed by atoms with Crippen LogP contribution in [0.4, 0.5) is 0 Å². The van der Waals surface area contributed by atoms with Crippen molar-refractivity contribution in [3.8, 4) is 0 Å². The SMILES string of the molecule is COC(=O)C1(c2ccc(C(C)C)cc2)CC(=O)C1. The minimum Gasteiger partial charge on any atom is -0.468 e. The van der Waals surface area contributed by atoms with Gasteiger partial charge in [0.25, 0.3) is 0 Å². The van der Waals surface area contributed by atoms with Crippen LogP contribution in [0.25, 0.3) is 0 Å². The summed E-state index contributed by atoms with van der Waals surface area (Å²) >= 11 is 0. The van der Waals surface area contributed by atoms with Crippen LogP contribution in [0.2, 0.25) is 0 Å². The van der Waals surface area contributed by atoms with Crippen molar-refractivity contribution in [2.45, 2.75) is 38.0 Å². The molecule has 0 unspecified atom stereocenters. The van der Waals surface area contributed by atoms with E-state index in [0.717, 1.165) is 5.56 Å². The molecule has 2 rings (SSSR count). The molecule has 0 aromatic heterocycles. The van der Waals surface area contributed by atoms with Crippen LogP contribution in [0, 0.1) is 0 Å². The topological polar surface area (TPSA) is 43.4 Å². The van der Waals surface area contributed by atoms with Crippen LogP contribution in [0.1, 0.15) is 43.7 Å². The van der Waals surface area contributed by atoms with Gasteiger partial charge in [0.1, 0.15) is 11.2 Å². The largest absolute Gasteiger partial charge is 0.468 e. The average Bonchev–Trinajstić information content (AvgIpc) is 2.34. The van der Waals surface area contributed by atoms with E-state index >= 15 is 0 Å². The Morgan fingerprint density at radius 1 is 1.22 bits per heavy atom. The smallest absolute Gasteiger partial charge is 0.317 e. The molecule has 3 nitrogen and oxygen atoms in total. The predicted octanol–water partition coefficient (Wildman–Crippen LogP) is 2.58. The van der Waals surface area contributed by atoms with Crippen LogP contribution >= 0.6 is 0 Å². The van der Waals surface area contributed by atoms with Crippen LogP contribution in [-0.2, 0) is 19.7 Å². The number of rotatable bonds is 3. The van der Waals surface area contributed by atoms with Crippen molar-refractivity contribution in [1.29, 1.82) is 0 Å². The maximum absolute atomic E-state index is 11.9. The second-order valence-electron chi connectivity index (χ2n) is 5.24. The van der Waals surface area contributed by atoms with E-state index in [2.05, 4.69) is 13.8 Å². The first-order valence-electron chi connectivity index (χ1n) is 6.20. The van der Waals surface area contributed by atoms with Crippen molar-refractivity contribution >= 4 is 11.8 Å². The van der Waals surface area contributed by atoms with Gasteiger partial charge in [0.15, 0.2) is 0 Å². The quantitative estimate of drug-likeness (QED) is 0.770. The number of ether oxygens (including phenoxy) is 1. The van der Waals surface area contributed by atoms with E-state index in [1.807, 2.05) is 24.3 Å². The van der Waals surface area contributed by atoms with E-state index in [0.29, 0.717) is 5.92 Å². The molecule has 0 saturated heterocycles. The molecular weight excluding hydrogens is 228 g/mol. The van der Waals surface area contributed by atoms with E-state index in [1.54, 1.807) is 0 Å². The van der Waals surface area contributed by atoms with Gasteiger partial charge in [-0.2, -0.15) is 0 Å². The van der Waals surface area contributed by atoms with Crippen LogP contribution in [0.5, 0.6) is 0 Å². The number of hydrogen-bond acceptors (Lipinski definition) is 3. The van der Waals surface area contributed by atoms with Crippen LogP contribution < -0.4 is 0 Å². The lowest BCUT2D eigenvalue weighted by Crippen LogP contribution is -2.48. The van der Waals surface area contributed by atoms with E-state index in [9.17, 15) is 9.59 Å². The minimum atomic E-state index is -0.735. The van der Waals surface area contributed by atoms with E-state index < -0.39 is 5.41 Å². The molecule has 0 heterocycles. The number of hydrogen-bond donors (Lipinski definition) is 0. The van der Waals surface area contributed by atoms with E-state index in [4.69, 9.17) is 4.74 Å². The van der Waals surface area contributed by atoms with Crippen LogP contribution in [-0.4, -0.2) is 18.9 Å². The summed E-state index contributed by atoms with van der Waals surface area (Å²) in [5.41, 5.74) is 1.38. The maximum Gasteiger partial charge on any atom is 0.317 e. The highest BCUT2D eigenvalue weighted by Crippen LogP contribution is 2.42. The lowest BCUT2D eigenvalue weighted by atomic mass is 9.63. The third-order valence-electron chi connectivity index (χ3n) is 3.70. The standard InChI is InChI=1S/C15H18O3/c1-10(2)11-4-6-12(7-5-11)15(14(17)18-3)8-13(16)9-15/h4-7,10H,8-9H2,1-3H3.